The van der Waals surface area contributed by atoms with Gasteiger partial charge in [-0.05, 0) is 66.3 Å². The molecule has 1 N–H and O–H groups in total. The highest BCUT2D eigenvalue weighted by Gasteiger charge is 2.21. The van der Waals surface area contributed by atoms with E-state index in [2.05, 4.69) is 22.2 Å². The van der Waals surface area contributed by atoms with E-state index in [0.29, 0.717) is 6.04 Å². The van der Waals surface area contributed by atoms with E-state index in [-0.39, 0.29) is 11.8 Å². The number of hydrogen-bond acceptors (Lipinski definition) is 3. The maximum absolute atomic E-state index is 12.9. The molecule has 0 radical (unpaired) electrons. The van der Waals surface area contributed by atoms with Crippen molar-refractivity contribution in [2.75, 3.05) is 13.7 Å². The molecule has 1 unspecified atom stereocenters. The van der Waals surface area contributed by atoms with Gasteiger partial charge >= 0.3 is 5.97 Å². The van der Waals surface area contributed by atoms with Crippen molar-refractivity contribution < 1.29 is 13.9 Å². The molecule has 0 heterocycles. The van der Waals surface area contributed by atoms with Crippen LogP contribution < -0.4 is 5.32 Å². The second-order valence-corrected chi connectivity index (χ2v) is 6.24. The maximum Gasteiger partial charge on any atom is 0.330 e. The van der Waals surface area contributed by atoms with Crippen molar-refractivity contribution in [1.29, 1.82) is 0 Å². The molecule has 0 bridgehead atoms. The highest BCUT2D eigenvalue weighted by atomic mass is 19.1. The first kappa shape index (κ1) is 17.4. The topological polar surface area (TPSA) is 38.3 Å². The highest BCUT2D eigenvalue weighted by Crippen LogP contribution is 2.32. The van der Waals surface area contributed by atoms with Crippen LogP contribution in [0.15, 0.2) is 48.5 Å². The molecule has 0 saturated carbocycles. The quantitative estimate of drug-likeness (QED) is 0.642. The summed E-state index contributed by atoms with van der Waals surface area (Å²) < 4.78 is 17.5. The summed E-state index contributed by atoms with van der Waals surface area (Å²) in [5.41, 5.74) is 4.80. The lowest BCUT2D eigenvalue weighted by Crippen LogP contribution is -2.21. The van der Waals surface area contributed by atoms with E-state index in [4.69, 9.17) is 0 Å². The first-order chi connectivity index (χ1) is 12.2. The molecule has 0 spiro atoms. The Bertz CT molecular complexity index is 768. The molecule has 1 aliphatic rings. The van der Waals surface area contributed by atoms with E-state index >= 15 is 0 Å². The number of carbonyl (C=O) groups excluding carboxylic acids is 1. The number of fused-ring (bicyclic) bond motifs is 1. The van der Waals surface area contributed by atoms with Crippen LogP contribution in [0.2, 0.25) is 0 Å². The molecule has 1 atom stereocenters. The fourth-order valence-electron chi connectivity index (χ4n) is 3.23. The zero-order valence-corrected chi connectivity index (χ0v) is 14.3. The van der Waals surface area contributed by atoms with Gasteiger partial charge in [-0.3, -0.25) is 0 Å². The van der Waals surface area contributed by atoms with Crippen molar-refractivity contribution >= 4 is 12.0 Å². The average Bonchev–Trinajstić information content (AvgIpc) is 3.03. The monoisotopic (exact) mass is 339 g/mol. The SMILES string of the molecule is COC(=O)/C=C/c1ccc2c(c1)CCC2NCCc1ccc(F)cc1. The Balaban J connectivity index is 1.57. The van der Waals surface area contributed by atoms with Gasteiger partial charge in [0.25, 0.3) is 0 Å². The van der Waals surface area contributed by atoms with E-state index in [1.807, 2.05) is 18.2 Å². The molecule has 0 saturated heterocycles. The zero-order chi connectivity index (χ0) is 17.6. The van der Waals surface area contributed by atoms with Crippen molar-refractivity contribution in [1.82, 2.24) is 5.32 Å². The summed E-state index contributed by atoms with van der Waals surface area (Å²) >= 11 is 0. The Kier molecular flexibility index (Phi) is 5.61. The van der Waals surface area contributed by atoms with E-state index in [1.165, 1.54) is 36.4 Å². The summed E-state index contributed by atoms with van der Waals surface area (Å²) in [5, 5.41) is 3.59. The third-order valence-electron chi connectivity index (χ3n) is 4.58. The van der Waals surface area contributed by atoms with E-state index in [1.54, 1.807) is 6.08 Å². The van der Waals surface area contributed by atoms with Crippen LogP contribution in [0.5, 0.6) is 0 Å². The molecular formula is C21H22FNO2. The van der Waals surface area contributed by atoms with Gasteiger partial charge in [-0.15, -0.1) is 0 Å². The number of rotatable bonds is 6. The summed E-state index contributed by atoms with van der Waals surface area (Å²) in [6, 6.07) is 13.3. The largest absolute Gasteiger partial charge is 0.466 e. The first-order valence-corrected chi connectivity index (χ1v) is 8.52. The predicted molar refractivity (Wildman–Crippen MR) is 96.7 cm³/mol. The van der Waals surface area contributed by atoms with Gasteiger partial charge in [0.2, 0.25) is 0 Å². The lowest BCUT2D eigenvalue weighted by atomic mass is 10.0. The molecule has 130 valence electrons. The number of halogens is 1. The summed E-state index contributed by atoms with van der Waals surface area (Å²) in [6.07, 6.45) is 6.20. The van der Waals surface area contributed by atoms with Crippen molar-refractivity contribution in [3.8, 4) is 0 Å². The summed E-state index contributed by atoms with van der Waals surface area (Å²) in [7, 11) is 1.37. The Morgan fingerprint density at radius 2 is 2.08 bits per heavy atom. The number of nitrogens with one attached hydrogen (secondary N) is 1. The Morgan fingerprint density at radius 1 is 1.28 bits per heavy atom. The summed E-state index contributed by atoms with van der Waals surface area (Å²) in [6.45, 7) is 0.861. The van der Waals surface area contributed by atoms with Crippen LogP contribution in [0, 0.1) is 5.82 Å². The van der Waals surface area contributed by atoms with Crippen LogP contribution in [-0.4, -0.2) is 19.6 Å². The number of hydrogen-bond donors (Lipinski definition) is 1. The smallest absolute Gasteiger partial charge is 0.330 e. The zero-order valence-electron chi connectivity index (χ0n) is 14.3. The fraction of sp³-hybridized carbons (Fsp3) is 0.286. The minimum Gasteiger partial charge on any atom is -0.466 e. The van der Waals surface area contributed by atoms with Crippen LogP contribution in [0.1, 0.15) is 34.7 Å². The van der Waals surface area contributed by atoms with Gasteiger partial charge in [0, 0.05) is 12.1 Å². The van der Waals surface area contributed by atoms with Gasteiger partial charge in [0.1, 0.15) is 5.82 Å². The highest BCUT2D eigenvalue weighted by molar-refractivity contribution is 5.86. The van der Waals surface area contributed by atoms with Gasteiger partial charge < -0.3 is 10.1 Å². The molecule has 0 aromatic heterocycles. The molecule has 0 fully saturated rings. The molecule has 3 nitrogen and oxygen atoms in total. The van der Waals surface area contributed by atoms with E-state index in [0.717, 1.165) is 36.9 Å². The number of methoxy groups -OCH3 is 1. The van der Waals surface area contributed by atoms with Gasteiger partial charge in [0.05, 0.1) is 7.11 Å². The lowest BCUT2D eigenvalue weighted by molar-refractivity contribution is -0.134. The predicted octanol–water partition coefficient (Wildman–Crippen LogP) is 3.83. The first-order valence-electron chi connectivity index (χ1n) is 8.52. The average molecular weight is 339 g/mol. The number of aryl methyl sites for hydroxylation is 1. The molecule has 2 aromatic rings. The summed E-state index contributed by atoms with van der Waals surface area (Å²) in [5.74, 6) is -0.542. The van der Waals surface area contributed by atoms with Crippen molar-refractivity contribution in [2.45, 2.75) is 25.3 Å². The van der Waals surface area contributed by atoms with Crippen molar-refractivity contribution in [3.63, 3.8) is 0 Å². The molecule has 4 heteroatoms. The molecule has 25 heavy (non-hydrogen) atoms. The van der Waals surface area contributed by atoms with Crippen LogP contribution in [0.3, 0.4) is 0 Å². The van der Waals surface area contributed by atoms with Crippen LogP contribution in [0.4, 0.5) is 4.39 Å². The molecular weight excluding hydrogens is 317 g/mol. The standard InChI is InChI=1S/C21H22FNO2/c1-25-21(24)11-5-16-4-9-19-17(14-16)6-10-20(19)23-13-12-15-2-7-18(22)8-3-15/h2-5,7-9,11,14,20,23H,6,10,12-13H2,1H3/b11-5+. The van der Waals surface area contributed by atoms with Crippen LogP contribution in [-0.2, 0) is 22.4 Å². The van der Waals surface area contributed by atoms with E-state index in [9.17, 15) is 9.18 Å². The van der Waals surface area contributed by atoms with Crippen LogP contribution in [0.25, 0.3) is 6.08 Å². The number of carbonyl (C=O) groups is 1. The minimum atomic E-state index is -0.346. The third-order valence-corrected chi connectivity index (χ3v) is 4.58. The Morgan fingerprint density at radius 3 is 2.84 bits per heavy atom. The molecule has 2 aromatic carbocycles. The van der Waals surface area contributed by atoms with E-state index < -0.39 is 0 Å². The maximum atomic E-state index is 12.9. The van der Waals surface area contributed by atoms with Gasteiger partial charge in [-0.2, -0.15) is 0 Å². The van der Waals surface area contributed by atoms with Crippen molar-refractivity contribution in [2.24, 2.45) is 0 Å². The number of esters is 1. The van der Waals surface area contributed by atoms with Gasteiger partial charge in [0.15, 0.2) is 0 Å². The Hall–Kier alpha value is -2.46. The third kappa shape index (κ3) is 4.54. The minimum absolute atomic E-state index is 0.196. The molecule has 0 aliphatic heterocycles. The summed E-state index contributed by atoms with van der Waals surface area (Å²) in [4.78, 5) is 11.2. The van der Waals surface area contributed by atoms with Gasteiger partial charge in [-0.1, -0.05) is 30.3 Å². The fourth-order valence-corrected chi connectivity index (χ4v) is 3.23. The Labute approximate surface area is 147 Å². The number of ether oxygens (including phenoxy) is 1. The second kappa shape index (κ2) is 8.08. The lowest BCUT2D eigenvalue weighted by Gasteiger charge is -2.14. The molecule has 0 amide bonds. The molecule has 1 aliphatic carbocycles. The number of benzene rings is 2. The van der Waals surface area contributed by atoms with Gasteiger partial charge in [-0.25, -0.2) is 9.18 Å². The van der Waals surface area contributed by atoms with Crippen LogP contribution >= 0.6 is 0 Å². The normalized spacial score (nSPS) is 16.2. The molecule has 3 rings (SSSR count). The second-order valence-electron chi connectivity index (χ2n) is 6.24. The van der Waals surface area contributed by atoms with Crippen molar-refractivity contribution in [3.05, 3.63) is 76.6 Å².